The highest BCUT2D eigenvalue weighted by Crippen LogP contribution is 2.32. The van der Waals surface area contributed by atoms with Crippen LogP contribution in [0.1, 0.15) is 45.7 Å². The fourth-order valence-electron chi connectivity index (χ4n) is 3.69. The van der Waals surface area contributed by atoms with E-state index in [-0.39, 0.29) is 12.1 Å². The smallest absolute Gasteiger partial charge is 0.338 e. The number of hydrogen-bond donors (Lipinski definition) is 3. The van der Waals surface area contributed by atoms with Gasteiger partial charge in [0, 0.05) is 28.6 Å². The van der Waals surface area contributed by atoms with Crippen LogP contribution in [-0.2, 0) is 9.53 Å². The van der Waals surface area contributed by atoms with E-state index < -0.39 is 18.0 Å². The molecule has 9 heteroatoms. The average Bonchev–Trinajstić information content (AvgIpc) is 2.77. The molecule has 180 valence electrons. The van der Waals surface area contributed by atoms with E-state index >= 15 is 0 Å². The number of benzene rings is 2. The summed E-state index contributed by atoms with van der Waals surface area (Å²) in [7, 11) is 0. The van der Waals surface area contributed by atoms with E-state index in [4.69, 9.17) is 16.3 Å². The highest BCUT2D eigenvalue weighted by Gasteiger charge is 2.36. The van der Waals surface area contributed by atoms with Gasteiger partial charge in [-0.2, -0.15) is 0 Å². The first-order chi connectivity index (χ1) is 16.2. The minimum absolute atomic E-state index is 0.288. The molecule has 0 radical (unpaired) electrons. The van der Waals surface area contributed by atoms with Gasteiger partial charge in [0.1, 0.15) is 0 Å². The van der Waals surface area contributed by atoms with E-state index in [1.807, 2.05) is 6.92 Å². The zero-order valence-corrected chi connectivity index (χ0v) is 20.4. The third-order valence-electron chi connectivity index (χ3n) is 5.19. The van der Waals surface area contributed by atoms with Gasteiger partial charge in [0.05, 0.1) is 17.7 Å². The molecule has 0 bridgehead atoms. The number of ether oxygens (including phenoxy) is 1. The molecule has 3 rings (SSSR count). The van der Waals surface area contributed by atoms with Crippen molar-refractivity contribution in [2.24, 2.45) is 0 Å². The number of rotatable bonds is 7. The maximum Gasteiger partial charge on any atom is 0.338 e. The van der Waals surface area contributed by atoms with Crippen molar-refractivity contribution < 1.29 is 19.1 Å². The van der Waals surface area contributed by atoms with Crippen molar-refractivity contribution in [1.82, 2.24) is 10.2 Å². The SMILES string of the molecule is CCCN1C(=O)NC(c2cccc(NC(=O)Nc3ccc(Cl)cc3)c2)C(C(=O)OC(C)C)=C1C. The number of esters is 1. The molecule has 0 fully saturated rings. The Balaban J connectivity index is 1.87. The molecule has 34 heavy (non-hydrogen) atoms. The summed E-state index contributed by atoms with van der Waals surface area (Å²) in [5.41, 5.74) is 2.66. The van der Waals surface area contributed by atoms with Crippen molar-refractivity contribution in [3.8, 4) is 0 Å². The van der Waals surface area contributed by atoms with E-state index in [0.29, 0.717) is 39.8 Å². The largest absolute Gasteiger partial charge is 0.459 e. The van der Waals surface area contributed by atoms with Gasteiger partial charge in [-0.1, -0.05) is 30.7 Å². The standard InChI is InChI=1S/C25H29ClN4O4/c1-5-13-30-16(4)21(23(31)34-15(2)3)22(29-25(30)33)17-7-6-8-20(14-17)28-24(32)27-19-11-9-18(26)10-12-19/h6-12,14-15,22H,5,13H2,1-4H3,(H,29,33)(H2,27,28,32). The van der Waals surface area contributed by atoms with E-state index in [0.717, 1.165) is 6.42 Å². The van der Waals surface area contributed by atoms with Crippen LogP contribution in [-0.4, -0.2) is 35.6 Å². The predicted molar refractivity (Wildman–Crippen MR) is 133 cm³/mol. The molecule has 2 aromatic rings. The molecule has 0 saturated heterocycles. The number of urea groups is 2. The second-order valence-electron chi connectivity index (χ2n) is 8.20. The maximum atomic E-state index is 13.0. The summed E-state index contributed by atoms with van der Waals surface area (Å²) in [5.74, 6) is -0.488. The lowest BCUT2D eigenvalue weighted by Crippen LogP contribution is -2.48. The van der Waals surface area contributed by atoms with E-state index in [1.54, 1.807) is 74.2 Å². The van der Waals surface area contributed by atoms with Crippen LogP contribution in [0.4, 0.5) is 21.0 Å². The number of halogens is 1. The molecule has 1 heterocycles. The second-order valence-corrected chi connectivity index (χ2v) is 8.64. The van der Waals surface area contributed by atoms with E-state index in [1.165, 1.54) is 0 Å². The first-order valence-electron chi connectivity index (χ1n) is 11.1. The minimum Gasteiger partial charge on any atom is -0.459 e. The second kappa shape index (κ2) is 11.1. The highest BCUT2D eigenvalue weighted by atomic mass is 35.5. The van der Waals surface area contributed by atoms with Crippen LogP contribution >= 0.6 is 11.6 Å². The minimum atomic E-state index is -0.715. The summed E-state index contributed by atoms with van der Waals surface area (Å²) in [6.07, 6.45) is 0.430. The summed E-state index contributed by atoms with van der Waals surface area (Å²) >= 11 is 5.88. The lowest BCUT2D eigenvalue weighted by molar-refractivity contribution is -0.143. The molecule has 0 aliphatic carbocycles. The Morgan fingerprint density at radius 2 is 1.79 bits per heavy atom. The molecule has 8 nitrogen and oxygen atoms in total. The molecule has 3 N–H and O–H groups in total. The monoisotopic (exact) mass is 484 g/mol. The summed E-state index contributed by atoms with van der Waals surface area (Å²) in [4.78, 5) is 39.8. The van der Waals surface area contributed by atoms with Crippen LogP contribution in [0.3, 0.4) is 0 Å². The molecule has 1 unspecified atom stereocenters. The van der Waals surface area contributed by atoms with Crippen LogP contribution < -0.4 is 16.0 Å². The Hall–Kier alpha value is -3.52. The van der Waals surface area contributed by atoms with Crippen LogP contribution in [0.5, 0.6) is 0 Å². The number of nitrogens with one attached hydrogen (secondary N) is 3. The number of amides is 4. The number of carbonyl (C=O) groups is 3. The molecule has 2 aromatic carbocycles. The normalized spacial score (nSPS) is 15.8. The van der Waals surface area contributed by atoms with Gasteiger partial charge in [0.25, 0.3) is 0 Å². The van der Waals surface area contributed by atoms with Gasteiger partial charge in [-0.05, 0) is 69.2 Å². The van der Waals surface area contributed by atoms with Gasteiger partial charge in [-0.3, -0.25) is 4.90 Å². The Bertz CT molecular complexity index is 1100. The molecule has 4 amide bonds. The molecule has 0 spiro atoms. The van der Waals surface area contributed by atoms with Gasteiger partial charge in [0.15, 0.2) is 0 Å². The summed E-state index contributed by atoms with van der Waals surface area (Å²) in [5, 5.41) is 8.99. The molecule has 0 saturated carbocycles. The first kappa shape index (κ1) is 25.1. The highest BCUT2D eigenvalue weighted by molar-refractivity contribution is 6.30. The van der Waals surface area contributed by atoms with Crippen molar-refractivity contribution in [3.63, 3.8) is 0 Å². The van der Waals surface area contributed by atoms with Crippen molar-refractivity contribution in [2.75, 3.05) is 17.2 Å². The van der Waals surface area contributed by atoms with Crippen LogP contribution in [0.2, 0.25) is 5.02 Å². The number of hydrogen-bond acceptors (Lipinski definition) is 4. The zero-order chi connectivity index (χ0) is 24.8. The topological polar surface area (TPSA) is 99.8 Å². The lowest BCUT2D eigenvalue weighted by Gasteiger charge is -2.35. The summed E-state index contributed by atoms with van der Waals surface area (Å²) < 4.78 is 5.48. The molecule has 1 aliphatic heterocycles. The fourth-order valence-corrected chi connectivity index (χ4v) is 3.81. The number of allylic oxidation sites excluding steroid dienone is 1. The van der Waals surface area contributed by atoms with Gasteiger partial charge in [-0.15, -0.1) is 0 Å². The van der Waals surface area contributed by atoms with Crippen LogP contribution in [0, 0.1) is 0 Å². The lowest BCUT2D eigenvalue weighted by atomic mass is 9.94. The summed E-state index contributed by atoms with van der Waals surface area (Å²) in [6.45, 7) is 7.74. The Kier molecular flexibility index (Phi) is 8.17. The van der Waals surface area contributed by atoms with Gasteiger partial charge >= 0.3 is 18.0 Å². The molecule has 1 atom stereocenters. The van der Waals surface area contributed by atoms with Crippen LogP contribution in [0.15, 0.2) is 59.8 Å². The van der Waals surface area contributed by atoms with Crippen molar-refractivity contribution in [1.29, 1.82) is 0 Å². The zero-order valence-electron chi connectivity index (χ0n) is 19.6. The molecule has 0 aromatic heterocycles. The number of nitrogens with zero attached hydrogens (tertiary/aromatic N) is 1. The van der Waals surface area contributed by atoms with E-state index in [9.17, 15) is 14.4 Å². The quantitative estimate of drug-likeness (QED) is 0.440. The van der Waals surface area contributed by atoms with Crippen molar-refractivity contribution >= 4 is 41.0 Å². The third kappa shape index (κ3) is 6.08. The summed E-state index contributed by atoms with van der Waals surface area (Å²) in [6, 6.07) is 12.3. The van der Waals surface area contributed by atoms with Crippen molar-refractivity contribution in [2.45, 2.75) is 46.3 Å². The van der Waals surface area contributed by atoms with Gasteiger partial charge in [-0.25, -0.2) is 14.4 Å². The molecular formula is C25H29ClN4O4. The maximum absolute atomic E-state index is 13.0. The predicted octanol–water partition coefficient (Wildman–Crippen LogP) is 5.69. The number of anilines is 2. The molecule has 1 aliphatic rings. The van der Waals surface area contributed by atoms with Gasteiger partial charge < -0.3 is 20.7 Å². The number of carbonyl (C=O) groups excluding carboxylic acids is 3. The van der Waals surface area contributed by atoms with Crippen molar-refractivity contribution in [3.05, 3.63) is 70.4 Å². The van der Waals surface area contributed by atoms with Gasteiger partial charge in [0.2, 0.25) is 0 Å². The average molecular weight is 485 g/mol. The van der Waals surface area contributed by atoms with E-state index in [2.05, 4.69) is 16.0 Å². The fraction of sp³-hybridized carbons (Fsp3) is 0.320. The third-order valence-corrected chi connectivity index (χ3v) is 5.44. The molecular weight excluding hydrogens is 456 g/mol. The van der Waals surface area contributed by atoms with Crippen LogP contribution in [0.25, 0.3) is 0 Å². The Morgan fingerprint density at radius 3 is 2.44 bits per heavy atom. The Morgan fingerprint density at radius 1 is 1.12 bits per heavy atom. The first-order valence-corrected chi connectivity index (χ1v) is 11.5. The Labute approximate surface area is 204 Å².